The Morgan fingerprint density at radius 1 is 1.80 bits per heavy atom. The van der Waals surface area contributed by atoms with E-state index < -0.39 is 0 Å². The minimum absolute atomic E-state index is 0.166. The van der Waals surface area contributed by atoms with Crippen LogP contribution in [0.1, 0.15) is 21.9 Å². The number of hydrogen-bond acceptors (Lipinski definition) is 5. The monoisotopic (exact) mass is 224 g/mol. The van der Waals surface area contributed by atoms with Crippen LogP contribution in [0, 0.1) is 11.3 Å². The van der Waals surface area contributed by atoms with Crippen molar-refractivity contribution in [3.8, 4) is 6.07 Å². The van der Waals surface area contributed by atoms with E-state index in [-0.39, 0.29) is 5.91 Å². The summed E-state index contributed by atoms with van der Waals surface area (Å²) in [6, 6.07) is 1.99. The Kier molecular flexibility index (Phi) is 4.21. The van der Waals surface area contributed by atoms with Crippen molar-refractivity contribution >= 4 is 17.2 Å². The average molecular weight is 224 g/mol. The molecule has 6 heteroatoms. The first kappa shape index (κ1) is 11.6. The second-order valence-corrected chi connectivity index (χ2v) is 3.91. The summed E-state index contributed by atoms with van der Waals surface area (Å²) in [5.41, 5.74) is 5.80. The molecule has 0 saturated heterocycles. The SMILES string of the molecule is CN(CCC#N)C(=O)c1csc(CN)n1. The van der Waals surface area contributed by atoms with E-state index >= 15 is 0 Å². The van der Waals surface area contributed by atoms with Crippen LogP contribution in [0.25, 0.3) is 0 Å². The molecule has 15 heavy (non-hydrogen) atoms. The third-order valence-electron chi connectivity index (χ3n) is 1.85. The summed E-state index contributed by atoms with van der Waals surface area (Å²) in [7, 11) is 1.65. The molecule has 0 fully saturated rings. The van der Waals surface area contributed by atoms with Gasteiger partial charge in [0.15, 0.2) is 0 Å². The smallest absolute Gasteiger partial charge is 0.273 e. The van der Waals surface area contributed by atoms with Gasteiger partial charge in [0, 0.05) is 25.5 Å². The van der Waals surface area contributed by atoms with Crippen molar-refractivity contribution in [2.24, 2.45) is 5.73 Å². The lowest BCUT2D eigenvalue weighted by atomic mass is 10.3. The van der Waals surface area contributed by atoms with Gasteiger partial charge in [0.2, 0.25) is 0 Å². The van der Waals surface area contributed by atoms with Crippen LogP contribution in [0.15, 0.2) is 5.38 Å². The van der Waals surface area contributed by atoms with Gasteiger partial charge in [-0.15, -0.1) is 11.3 Å². The van der Waals surface area contributed by atoms with Crippen LogP contribution in [0.3, 0.4) is 0 Å². The van der Waals surface area contributed by atoms with Crippen molar-refractivity contribution in [2.75, 3.05) is 13.6 Å². The van der Waals surface area contributed by atoms with Crippen molar-refractivity contribution < 1.29 is 4.79 Å². The molecule has 0 spiro atoms. The Bertz CT molecular complexity index is 382. The van der Waals surface area contributed by atoms with Gasteiger partial charge in [-0.3, -0.25) is 4.79 Å². The summed E-state index contributed by atoms with van der Waals surface area (Å²) >= 11 is 1.37. The summed E-state index contributed by atoms with van der Waals surface area (Å²) in [4.78, 5) is 17.3. The Morgan fingerprint density at radius 2 is 2.53 bits per heavy atom. The van der Waals surface area contributed by atoms with Crippen LogP contribution in [-0.2, 0) is 6.54 Å². The molecule has 0 bridgehead atoms. The van der Waals surface area contributed by atoms with Gasteiger partial charge in [-0.1, -0.05) is 0 Å². The largest absolute Gasteiger partial charge is 0.339 e. The molecule has 0 unspecified atom stereocenters. The molecule has 1 rings (SSSR count). The lowest BCUT2D eigenvalue weighted by molar-refractivity contribution is 0.0793. The predicted molar refractivity (Wildman–Crippen MR) is 57.2 cm³/mol. The number of hydrogen-bond donors (Lipinski definition) is 1. The molecule has 0 aliphatic carbocycles. The van der Waals surface area contributed by atoms with Crippen molar-refractivity contribution in [1.82, 2.24) is 9.88 Å². The minimum atomic E-state index is -0.166. The summed E-state index contributed by atoms with van der Waals surface area (Å²) in [6.45, 7) is 0.769. The number of carbonyl (C=O) groups is 1. The Morgan fingerprint density at radius 3 is 3.07 bits per heavy atom. The van der Waals surface area contributed by atoms with Gasteiger partial charge < -0.3 is 10.6 Å². The number of carbonyl (C=O) groups excluding carboxylic acids is 1. The zero-order chi connectivity index (χ0) is 11.3. The lowest BCUT2D eigenvalue weighted by Gasteiger charge is -2.13. The molecule has 0 atom stereocenters. The zero-order valence-electron chi connectivity index (χ0n) is 8.43. The molecule has 1 amide bonds. The topological polar surface area (TPSA) is 83.0 Å². The number of amides is 1. The second-order valence-electron chi connectivity index (χ2n) is 2.97. The summed E-state index contributed by atoms with van der Waals surface area (Å²) in [5, 5.41) is 10.8. The normalized spacial score (nSPS) is 9.67. The van der Waals surface area contributed by atoms with Crippen LogP contribution in [0.5, 0.6) is 0 Å². The van der Waals surface area contributed by atoms with Crippen LogP contribution in [0.4, 0.5) is 0 Å². The summed E-state index contributed by atoms with van der Waals surface area (Å²) in [6.07, 6.45) is 0.329. The third kappa shape index (κ3) is 3.01. The van der Waals surface area contributed by atoms with E-state index in [0.29, 0.717) is 25.2 Å². The standard InChI is InChI=1S/C9H12N4OS/c1-13(4-2-3-10)9(14)7-6-15-8(5-11)12-7/h6H,2,4-5,11H2,1H3. The van der Waals surface area contributed by atoms with Gasteiger partial charge in [0.05, 0.1) is 12.5 Å². The number of nitriles is 1. The van der Waals surface area contributed by atoms with Gasteiger partial charge in [-0.05, 0) is 0 Å². The Balaban J connectivity index is 2.64. The van der Waals surface area contributed by atoms with Crippen molar-refractivity contribution in [3.63, 3.8) is 0 Å². The highest BCUT2D eigenvalue weighted by Crippen LogP contribution is 2.10. The van der Waals surface area contributed by atoms with Gasteiger partial charge in [0.25, 0.3) is 5.91 Å². The third-order valence-corrected chi connectivity index (χ3v) is 2.72. The maximum absolute atomic E-state index is 11.7. The number of rotatable bonds is 4. The molecular formula is C9H12N4OS. The first-order valence-corrected chi connectivity index (χ1v) is 5.34. The summed E-state index contributed by atoms with van der Waals surface area (Å²) < 4.78 is 0. The maximum atomic E-state index is 11.7. The van der Waals surface area contributed by atoms with Gasteiger partial charge in [-0.2, -0.15) is 5.26 Å². The number of nitrogens with two attached hydrogens (primary N) is 1. The van der Waals surface area contributed by atoms with E-state index in [2.05, 4.69) is 4.98 Å². The highest BCUT2D eigenvalue weighted by Gasteiger charge is 2.14. The lowest BCUT2D eigenvalue weighted by Crippen LogP contribution is -2.27. The fourth-order valence-electron chi connectivity index (χ4n) is 1.02. The predicted octanol–water partition coefficient (Wildman–Crippen LogP) is 0.587. The fourth-order valence-corrected chi connectivity index (χ4v) is 1.67. The average Bonchev–Trinajstić information content (AvgIpc) is 2.73. The van der Waals surface area contributed by atoms with Crippen molar-refractivity contribution in [2.45, 2.75) is 13.0 Å². The molecule has 1 aromatic heterocycles. The van der Waals surface area contributed by atoms with Crippen molar-refractivity contribution in [3.05, 3.63) is 16.1 Å². The first-order chi connectivity index (χ1) is 7.19. The molecule has 1 heterocycles. The van der Waals surface area contributed by atoms with E-state index in [4.69, 9.17) is 11.0 Å². The molecule has 0 saturated carbocycles. The van der Waals surface area contributed by atoms with E-state index in [1.165, 1.54) is 16.2 Å². The molecule has 80 valence electrons. The van der Waals surface area contributed by atoms with E-state index in [9.17, 15) is 4.79 Å². The Labute approximate surface area is 92.1 Å². The van der Waals surface area contributed by atoms with Gasteiger partial charge in [-0.25, -0.2) is 4.98 Å². The molecule has 0 aliphatic heterocycles. The highest BCUT2D eigenvalue weighted by atomic mass is 32.1. The van der Waals surface area contributed by atoms with E-state index in [1.54, 1.807) is 12.4 Å². The molecule has 0 aliphatic rings. The van der Waals surface area contributed by atoms with Crippen molar-refractivity contribution in [1.29, 1.82) is 5.26 Å². The summed E-state index contributed by atoms with van der Waals surface area (Å²) in [5.74, 6) is -0.166. The fraction of sp³-hybridized carbons (Fsp3) is 0.444. The number of aromatic nitrogens is 1. The van der Waals surface area contributed by atoms with Crippen LogP contribution >= 0.6 is 11.3 Å². The van der Waals surface area contributed by atoms with Gasteiger partial charge in [0.1, 0.15) is 10.7 Å². The number of thiazole rings is 1. The van der Waals surface area contributed by atoms with E-state index in [1.807, 2.05) is 6.07 Å². The van der Waals surface area contributed by atoms with Gasteiger partial charge >= 0.3 is 0 Å². The van der Waals surface area contributed by atoms with Crippen LogP contribution < -0.4 is 5.73 Å². The second kappa shape index (κ2) is 5.44. The minimum Gasteiger partial charge on any atom is -0.339 e. The zero-order valence-corrected chi connectivity index (χ0v) is 9.25. The highest BCUT2D eigenvalue weighted by molar-refractivity contribution is 7.09. The molecule has 2 N–H and O–H groups in total. The van der Waals surface area contributed by atoms with E-state index in [0.717, 1.165) is 5.01 Å². The Hall–Kier alpha value is -1.45. The molecular weight excluding hydrogens is 212 g/mol. The molecule has 1 aromatic rings. The number of nitrogens with zero attached hydrogens (tertiary/aromatic N) is 3. The first-order valence-electron chi connectivity index (χ1n) is 4.46. The van der Waals surface area contributed by atoms with Crippen LogP contribution in [-0.4, -0.2) is 29.4 Å². The maximum Gasteiger partial charge on any atom is 0.273 e. The molecule has 5 nitrogen and oxygen atoms in total. The quantitative estimate of drug-likeness (QED) is 0.811. The molecule has 0 aromatic carbocycles. The molecule has 0 radical (unpaired) electrons. The van der Waals surface area contributed by atoms with Crippen LogP contribution in [0.2, 0.25) is 0 Å².